The molecule has 1 N–H and O–H groups in total. The average molecular weight is 356 g/mol. The lowest BCUT2D eigenvalue weighted by atomic mass is 9.92. The molecular weight excluding hydrogens is 328 g/mol. The van der Waals surface area contributed by atoms with E-state index >= 15 is 0 Å². The van der Waals surface area contributed by atoms with E-state index in [2.05, 4.69) is 17.1 Å². The summed E-state index contributed by atoms with van der Waals surface area (Å²) in [6.45, 7) is 4.36. The van der Waals surface area contributed by atoms with Crippen LogP contribution in [0.2, 0.25) is 0 Å². The van der Waals surface area contributed by atoms with Crippen LogP contribution in [0.25, 0.3) is 17.0 Å². The largest absolute Gasteiger partial charge is 0.389 e. The van der Waals surface area contributed by atoms with E-state index in [1.54, 1.807) is 0 Å². The van der Waals surface area contributed by atoms with Crippen molar-refractivity contribution in [3.8, 4) is 0 Å². The molecule has 0 amide bonds. The van der Waals surface area contributed by atoms with Gasteiger partial charge in [-0.2, -0.15) is 0 Å². The van der Waals surface area contributed by atoms with Crippen LogP contribution in [0.3, 0.4) is 0 Å². The van der Waals surface area contributed by atoms with E-state index in [4.69, 9.17) is 9.47 Å². The highest BCUT2D eigenvalue weighted by Crippen LogP contribution is 2.26. The van der Waals surface area contributed by atoms with Crippen molar-refractivity contribution in [2.75, 3.05) is 20.7 Å². The number of aliphatic hydroxyl groups excluding tert-OH is 1. The lowest BCUT2D eigenvalue weighted by Crippen LogP contribution is -2.61. The summed E-state index contributed by atoms with van der Waals surface area (Å²) in [4.78, 5) is 6.48. The first kappa shape index (κ1) is 19.0. The molecule has 5 atom stereocenters. The third-order valence-corrected chi connectivity index (χ3v) is 4.96. The van der Waals surface area contributed by atoms with E-state index in [1.165, 1.54) is 0 Å². The summed E-state index contributed by atoms with van der Waals surface area (Å²) in [7, 11) is 3.93. The zero-order valence-electron chi connectivity index (χ0n) is 15.9. The van der Waals surface area contributed by atoms with Crippen molar-refractivity contribution in [2.45, 2.75) is 44.3 Å². The maximum Gasteiger partial charge on any atom is 0.102 e. The Morgan fingerprint density at radius 3 is 2.77 bits per heavy atom. The molecule has 1 fully saturated rings. The summed E-state index contributed by atoms with van der Waals surface area (Å²) in [5.41, 5.74) is 2.03. The van der Waals surface area contributed by atoms with Crippen molar-refractivity contribution < 1.29 is 14.6 Å². The summed E-state index contributed by atoms with van der Waals surface area (Å²) < 4.78 is 11.9. The molecule has 5 heteroatoms. The van der Waals surface area contributed by atoms with Crippen LogP contribution in [0.1, 0.15) is 19.4 Å². The summed E-state index contributed by atoms with van der Waals surface area (Å²) in [6.07, 6.45) is 4.83. The molecule has 140 valence electrons. The molecule has 0 unspecified atom stereocenters. The van der Waals surface area contributed by atoms with Gasteiger partial charge in [0.15, 0.2) is 0 Å². The van der Waals surface area contributed by atoms with E-state index in [-0.39, 0.29) is 24.4 Å². The van der Waals surface area contributed by atoms with Gasteiger partial charge in [0.25, 0.3) is 0 Å². The highest BCUT2D eigenvalue weighted by Gasteiger charge is 2.43. The van der Waals surface area contributed by atoms with Gasteiger partial charge >= 0.3 is 0 Å². The Bertz CT molecular complexity index is 762. The Labute approximate surface area is 155 Å². The molecule has 1 aromatic carbocycles. The second-order valence-corrected chi connectivity index (χ2v) is 7.15. The van der Waals surface area contributed by atoms with Gasteiger partial charge in [0.1, 0.15) is 6.10 Å². The van der Waals surface area contributed by atoms with Crippen LogP contribution in [0.15, 0.2) is 42.6 Å². The fourth-order valence-electron chi connectivity index (χ4n) is 3.61. The minimum Gasteiger partial charge on any atom is -0.389 e. The molecule has 0 saturated carbocycles. The van der Waals surface area contributed by atoms with Crippen molar-refractivity contribution in [1.82, 2.24) is 9.88 Å². The highest BCUT2D eigenvalue weighted by atomic mass is 16.6. The van der Waals surface area contributed by atoms with Crippen molar-refractivity contribution in [3.05, 3.63) is 48.2 Å². The minimum absolute atomic E-state index is 0.0727. The number of benzene rings is 1. The number of aliphatic hydroxyl groups is 1. The lowest BCUT2D eigenvalue weighted by Gasteiger charge is -2.45. The standard InChI is InChI=1S/C21H28N2O3/c1-14-20(24)19(23(3)4)21(15(2)26-14)25-11-7-8-16-12-17-9-5-6-10-18(17)22-13-16/h5-10,12-15,19-21,24H,11H2,1-4H3/b8-7+/t14-,15+,19+,20-,21+/m0/s1. The number of aromatic nitrogens is 1. The van der Waals surface area contributed by atoms with Gasteiger partial charge in [-0.15, -0.1) is 0 Å². The third-order valence-electron chi connectivity index (χ3n) is 4.96. The minimum atomic E-state index is -0.570. The van der Waals surface area contributed by atoms with Gasteiger partial charge < -0.3 is 19.5 Å². The quantitative estimate of drug-likeness (QED) is 0.893. The second kappa shape index (κ2) is 8.27. The van der Waals surface area contributed by atoms with Gasteiger partial charge in [0.05, 0.1) is 36.5 Å². The van der Waals surface area contributed by atoms with E-state index in [0.29, 0.717) is 6.61 Å². The molecule has 2 heterocycles. The number of nitrogens with zero attached hydrogens (tertiary/aromatic N) is 2. The summed E-state index contributed by atoms with van der Waals surface area (Å²) >= 11 is 0. The molecule has 1 aliphatic rings. The Morgan fingerprint density at radius 2 is 2.00 bits per heavy atom. The second-order valence-electron chi connectivity index (χ2n) is 7.15. The van der Waals surface area contributed by atoms with Gasteiger partial charge in [-0.3, -0.25) is 4.98 Å². The first-order chi connectivity index (χ1) is 12.5. The Balaban J connectivity index is 1.64. The molecule has 0 spiro atoms. The Hall–Kier alpha value is -1.79. The number of pyridine rings is 1. The van der Waals surface area contributed by atoms with Crippen LogP contribution in [0.4, 0.5) is 0 Å². The summed E-state index contributed by atoms with van der Waals surface area (Å²) in [5.74, 6) is 0. The van der Waals surface area contributed by atoms with Gasteiger partial charge in [0, 0.05) is 11.6 Å². The van der Waals surface area contributed by atoms with Crippen molar-refractivity contribution in [1.29, 1.82) is 0 Å². The zero-order chi connectivity index (χ0) is 18.7. The van der Waals surface area contributed by atoms with Gasteiger partial charge in [-0.05, 0) is 45.6 Å². The molecule has 1 aromatic heterocycles. The number of likely N-dealkylation sites (N-methyl/N-ethyl adjacent to an activating group) is 1. The number of rotatable bonds is 5. The molecule has 5 nitrogen and oxygen atoms in total. The van der Waals surface area contributed by atoms with Crippen LogP contribution in [0, 0.1) is 0 Å². The normalized spacial score (nSPS) is 29.7. The van der Waals surface area contributed by atoms with E-state index < -0.39 is 6.10 Å². The van der Waals surface area contributed by atoms with Gasteiger partial charge in [-0.1, -0.05) is 30.4 Å². The van der Waals surface area contributed by atoms with E-state index in [1.807, 2.05) is 69.4 Å². The van der Waals surface area contributed by atoms with Crippen LogP contribution >= 0.6 is 0 Å². The maximum atomic E-state index is 10.5. The topological polar surface area (TPSA) is 54.8 Å². The van der Waals surface area contributed by atoms with Crippen LogP contribution in [-0.4, -0.2) is 66.2 Å². The molecule has 3 rings (SSSR count). The highest BCUT2D eigenvalue weighted by molar-refractivity contribution is 5.80. The Kier molecular flexibility index (Phi) is 6.04. The van der Waals surface area contributed by atoms with E-state index in [9.17, 15) is 5.11 Å². The first-order valence-electron chi connectivity index (χ1n) is 9.10. The molecule has 0 aliphatic carbocycles. The molecule has 0 bridgehead atoms. The molecule has 2 aromatic rings. The van der Waals surface area contributed by atoms with E-state index in [0.717, 1.165) is 16.5 Å². The molecule has 0 radical (unpaired) electrons. The van der Waals surface area contributed by atoms with Crippen LogP contribution in [-0.2, 0) is 9.47 Å². The lowest BCUT2D eigenvalue weighted by molar-refractivity contribution is -0.202. The van der Waals surface area contributed by atoms with Crippen molar-refractivity contribution in [2.24, 2.45) is 0 Å². The number of fused-ring (bicyclic) bond motifs is 1. The van der Waals surface area contributed by atoms with Crippen molar-refractivity contribution in [3.63, 3.8) is 0 Å². The first-order valence-corrected chi connectivity index (χ1v) is 9.10. The molecular formula is C21H28N2O3. The summed E-state index contributed by atoms with van der Waals surface area (Å²) in [6, 6.07) is 10.1. The van der Waals surface area contributed by atoms with Gasteiger partial charge in [0.2, 0.25) is 0 Å². The molecule has 26 heavy (non-hydrogen) atoms. The average Bonchev–Trinajstić information content (AvgIpc) is 2.62. The predicted octanol–water partition coefficient (Wildman–Crippen LogP) is 2.73. The van der Waals surface area contributed by atoms with Crippen LogP contribution in [0.5, 0.6) is 0 Å². The maximum absolute atomic E-state index is 10.5. The predicted molar refractivity (Wildman–Crippen MR) is 104 cm³/mol. The number of hydrogen-bond acceptors (Lipinski definition) is 5. The fraction of sp³-hybridized carbons (Fsp3) is 0.476. The number of hydrogen-bond donors (Lipinski definition) is 1. The number of para-hydroxylation sites is 1. The third kappa shape index (κ3) is 4.13. The molecule has 1 aliphatic heterocycles. The SMILES string of the molecule is C[C@@H]1O[C@H](C)[C@@H](OC/C=C/c2cnc3ccccc3c2)[C@H](N(C)C)[C@H]1O. The zero-order valence-corrected chi connectivity index (χ0v) is 15.9. The monoisotopic (exact) mass is 356 g/mol. The number of ether oxygens (including phenoxy) is 2. The van der Waals surface area contributed by atoms with Crippen LogP contribution < -0.4 is 0 Å². The van der Waals surface area contributed by atoms with Crippen molar-refractivity contribution >= 4 is 17.0 Å². The smallest absolute Gasteiger partial charge is 0.102 e. The molecule has 1 saturated heterocycles. The fourth-order valence-corrected chi connectivity index (χ4v) is 3.61. The summed E-state index contributed by atoms with van der Waals surface area (Å²) in [5, 5.41) is 11.6. The Morgan fingerprint density at radius 1 is 1.23 bits per heavy atom. The van der Waals surface area contributed by atoms with Gasteiger partial charge in [-0.25, -0.2) is 0 Å².